The molecule has 0 unspecified atom stereocenters. The zero-order valence-electron chi connectivity index (χ0n) is 12.4. The topological polar surface area (TPSA) is 63.4 Å². The van der Waals surface area contributed by atoms with E-state index < -0.39 is 15.8 Å². The van der Waals surface area contributed by atoms with Crippen LogP contribution >= 0.6 is 0 Å². The van der Waals surface area contributed by atoms with E-state index in [-0.39, 0.29) is 23.4 Å². The van der Waals surface area contributed by atoms with E-state index in [4.69, 9.17) is 5.73 Å². The maximum atomic E-state index is 13.4. The average molecular weight is 302 g/mol. The second-order valence-corrected chi connectivity index (χ2v) is 7.38. The van der Waals surface area contributed by atoms with Crippen LogP contribution in [0.4, 0.5) is 4.39 Å². The number of sulfonamides is 1. The normalized spacial score (nSPS) is 12.7. The van der Waals surface area contributed by atoms with Crippen LogP contribution in [0.5, 0.6) is 0 Å². The second-order valence-electron chi connectivity index (χ2n) is 5.52. The Balaban J connectivity index is 3.36. The molecule has 0 saturated carbocycles. The lowest BCUT2D eigenvalue weighted by atomic mass is 10.2. The summed E-state index contributed by atoms with van der Waals surface area (Å²) in [5, 5.41) is 0. The predicted octanol–water partition coefficient (Wildman–Crippen LogP) is 2.34. The molecule has 2 N–H and O–H groups in total. The average Bonchev–Trinajstić information content (AvgIpc) is 2.35. The van der Waals surface area contributed by atoms with Gasteiger partial charge in [-0.05, 0) is 37.5 Å². The van der Waals surface area contributed by atoms with E-state index in [1.54, 1.807) is 13.8 Å². The minimum atomic E-state index is -3.75. The van der Waals surface area contributed by atoms with Gasteiger partial charge in [0.1, 0.15) is 5.82 Å². The highest BCUT2D eigenvalue weighted by atomic mass is 32.2. The van der Waals surface area contributed by atoms with Crippen LogP contribution in [0.2, 0.25) is 0 Å². The van der Waals surface area contributed by atoms with Gasteiger partial charge in [-0.3, -0.25) is 0 Å². The molecule has 6 heteroatoms. The largest absolute Gasteiger partial charge is 0.326 e. The summed E-state index contributed by atoms with van der Waals surface area (Å²) >= 11 is 0. The zero-order chi connectivity index (χ0) is 15.5. The molecule has 0 amide bonds. The number of nitrogens with zero attached hydrogens (tertiary/aromatic N) is 1. The van der Waals surface area contributed by atoms with Crippen molar-refractivity contribution in [2.45, 2.75) is 45.2 Å². The number of nitrogens with two attached hydrogens (primary N) is 1. The van der Waals surface area contributed by atoms with Crippen molar-refractivity contribution in [1.82, 2.24) is 4.31 Å². The van der Waals surface area contributed by atoms with Gasteiger partial charge in [0, 0.05) is 19.1 Å². The molecule has 0 saturated heterocycles. The maximum absolute atomic E-state index is 13.4. The summed E-state index contributed by atoms with van der Waals surface area (Å²) in [4.78, 5) is -0.0330. The molecule has 0 fully saturated rings. The van der Waals surface area contributed by atoms with Crippen molar-refractivity contribution < 1.29 is 12.8 Å². The van der Waals surface area contributed by atoms with Gasteiger partial charge in [0.15, 0.2) is 0 Å². The Morgan fingerprint density at radius 1 is 1.25 bits per heavy atom. The molecule has 0 aromatic heterocycles. The molecule has 20 heavy (non-hydrogen) atoms. The molecule has 1 aromatic rings. The van der Waals surface area contributed by atoms with Crippen LogP contribution in [0.25, 0.3) is 0 Å². The van der Waals surface area contributed by atoms with E-state index in [9.17, 15) is 12.8 Å². The minimum Gasteiger partial charge on any atom is -0.326 e. The second kappa shape index (κ2) is 6.65. The van der Waals surface area contributed by atoms with Crippen molar-refractivity contribution in [3.8, 4) is 0 Å². The van der Waals surface area contributed by atoms with Crippen molar-refractivity contribution in [3.63, 3.8) is 0 Å². The van der Waals surface area contributed by atoms with Gasteiger partial charge in [0.05, 0.1) is 4.90 Å². The molecule has 0 aliphatic carbocycles. The SMILES string of the molecule is CC(C)CN(C(C)C)S(=O)(=O)c1cc(F)ccc1CN. The molecule has 0 heterocycles. The Morgan fingerprint density at radius 2 is 1.85 bits per heavy atom. The highest BCUT2D eigenvalue weighted by molar-refractivity contribution is 7.89. The molecule has 0 spiro atoms. The fourth-order valence-electron chi connectivity index (χ4n) is 2.01. The Kier molecular flexibility index (Phi) is 5.68. The summed E-state index contributed by atoms with van der Waals surface area (Å²) < 4.78 is 40.3. The van der Waals surface area contributed by atoms with Crippen LogP contribution in [-0.2, 0) is 16.6 Å². The van der Waals surface area contributed by atoms with E-state index in [1.807, 2.05) is 13.8 Å². The first-order valence-electron chi connectivity index (χ1n) is 6.70. The van der Waals surface area contributed by atoms with E-state index in [2.05, 4.69) is 0 Å². The van der Waals surface area contributed by atoms with Crippen LogP contribution in [0.3, 0.4) is 0 Å². The summed E-state index contributed by atoms with van der Waals surface area (Å²) in [6, 6.07) is 3.50. The molecule has 1 rings (SSSR count). The van der Waals surface area contributed by atoms with Gasteiger partial charge in [-0.25, -0.2) is 12.8 Å². The summed E-state index contributed by atoms with van der Waals surface area (Å²) in [5.41, 5.74) is 6.00. The van der Waals surface area contributed by atoms with Crippen molar-refractivity contribution >= 4 is 10.0 Å². The lowest BCUT2D eigenvalue weighted by molar-refractivity contribution is 0.318. The predicted molar refractivity (Wildman–Crippen MR) is 78.2 cm³/mol. The number of hydrogen-bond donors (Lipinski definition) is 1. The van der Waals surface area contributed by atoms with E-state index >= 15 is 0 Å². The van der Waals surface area contributed by atoms with Crippen LogP contribution in [0, 0.1) is 11.7 Å². The van der Waals surface area contributed by atoms with Gasteiger partial charge in [-0.15, -0.1) is 0 Å². The summed E-state index contributed by atoms with van der Waals surface area (Å²) in [6.45, 7) is 7.95. The molecule has 0 aliphatic rings. The van der Waals surface area contributed by atoms with Gasteiger partial charge >= 0.3 is 0 Å². The molecule has 0 aliphatic heterocycles. The van der Waals surface area contributed by atoms with E-state index in [1.165, 1.54) is 16.4 Å². The van der Waals surface area contributed by atoms with Crippen LogP contribution in [0.15, 0.2) is 23.1 Å². The van der Waals surface area contributed by atoms with Gasteiger partial charge in [0.2, 0.25) is 10.0 Å². The zero-order valence-corrected chi connectivity index (χ0v) is 13.2. The lowest BCUT2D eigenvalue weighted by Gasteiger charge is -2.28. The van der Waals surface area contributed by atoms with Crippen molar-refractivity contribution in [2.24, 2.45) is 11.7 Å². The molecule has 0 atom stereocenters. The molecule has 1 aromatic carbocycles. The number of rotatable bonds is 6. The quantitative estimate of drug-likeness (QED) is 0.877. The molecule has 114 valence electrons. The summed E-state index contributed by atoms with van der Waals surface area (Å²) in [7, 11) is -3.75. The standard InChI is InChI=1S/C14H23FN2O2S/c1-10(2)9-17(11(3)4)20(18,19)14-7-13(15)6-5-12(14)8-16/h5-7,10-11H,8-9,16H2,1-4H3. The third-order valence-corrected chi connectivity index (χ3v) is 5.08. The third-order valence-electron chi connectivity index (χ3n) is 2.96. The monoisotopic (exact) mass is 302 g/mol. The van der Waals surface area contributed by atoms with Crippen LogP contribution < -0.4 is 5.73 Å². The molecule has 0 bridgehead atoms. The van der Waals surface area contributed by atoms with E-state index in [0.717, 1.165) is 6.07 Å². The smallest absolute Gasteiger partial charge is 0.243 e. The number of hydrogen-bond acceptors (Lipinski definition) is 3. The van der Waals surface area contributed by atoms with Gasteiger partial charge in [-0.1, -0.05) is 19.9 Å². The first-order valence-corrected chi connectivity index (χ1v) is 8.14. The van der Waals surface area contributed by atoms with Crippen molar-refractivity contribution in [2.75, 3.05) is 6.54 Å². The highest BCUT2D eigenvalue weighted by Gasteiger charge is 2.29. The summed E-state index contributed by atoms with van der Waals surface area (Å²) in [5.74, 6) is -0.393. The number of halogens is 1. The minimum absolute atomic E-state index is 0.0330. The molecular formula is C14H23FN2O2S. The van der Waals surface area contributed by atoms with Crippen molar-refractivity contribution in [1.29, 1.82) is 0 Å². The van der Waals surface area contributed by atoms with E-state index in [0.29, 0.717) is 12.1 Å². The van der Waals surface area contributed by atoms with Crippen LogP contribution in [-0.4, -0.2) is 25.3 Å². The third kappa shape index (κ3) is 3.77. The lowest BCUT2D eigenvalue weighted by Crippen LogP contribution is -2.40. The Bertz CT molecular complexity index is 556. The first-order chi connectivity index (χ1) is 9.20. The van der Waals surface area contributed by atoms with Crippen molar-refractivity contribution in [3.05, 3.63) is 29.6 Å². The fourth-order valence-corrected chi connectivity index (χ4v) is 4.06. The fraction of sp³-hybridized carbons (Fsp3) is 0.571. The van der Waals surface area contributed by atoms with Gasteiger partial charge in [0.25, 0.3) is 0 Å². The Morgan fingerprint density at radius 3 is 2.30 bits per heavy atom. The Hall–Kier alpha value is -0.980. The van der Waals surface area contributed by atoms with Gasteiger partial charge < -0.3 is 5.73 Å². The molecule has 0 radical (unpaired) electrons. The Labute approximate surface area is 120 Å². The maximum Gasteiger partial charge on any atom is 0.243 e. The van der Waals surface area contributed by atoms with Crippen LogP contribution in [0.1, 0.15) is 33.3 Å². The first kappa shape index (κ1) is 17.1. The molecule has 4 nitrogen and oxygen atoms in total. The van der Waals surface area contributed by atoms with Gasteiger partial charge in [-0.2, -0.15) is 4.31 Å². The highest BCUT2D eigenvalue weighted by Crippen LogP contribution is 2.24. The number of benzene rings is 1. The molecular weight excluding hydrogens is 279 g/mol. The summed E-state index contributed by atoms with van der Waals surface area (Å²) in [6.07, 6.45) is 0.